The quantitative estimate of drug-likeness (QED) is 0.711. The summed E-state index contributed by atoms with van der Waals surface area (Å²) in [5.74, 6) is -1.04. The molecule has 0 saturated heterocycles. The number of hydrogen-bond acceptors (Lipinski definition) is 3. The summed E-state index contributed by atoms with van der Waals surface area (Å²) < 4.78 is 1.62. The van der Waals surface area contributed by atoms with Crippen molar-refractivity contribution >= 4 is 40.7 Å². The van der Waals surface area contributed by atoms with Gasteiger partial charge < -0.3 is 11.1 Å². The van der Waals surface area contributed by atoms with Crippen LogP contribution in [0.1, 0.15) is 26.4 Å². The molecule has 2 amide bonds. The summed E-state index contributed by atoms with van der Waals surface area (Å²) in [4.78, 5) is 23.9. The van der Waals surface area contributed by atoms with Crippen LogP contribution in [0.2, 0.25) is 10.0 Å². The van der Waals surface area contributed by atoms with Crippen molar-refractivity contribution in [2.24, 2.45) is 5.73 Å². The minimum atomic E-state index is -0.670. The summed E-state index contributed by atoms with van der Waals surface area (Å²) in [6.45, 7) is 1.78. The second kappa shape index (κ2) is 7.19. The lowest BCUT2D eigenvalue weighted by Crippen LogP contribution is -2.15. The molecule has 0 aliphatic heterocycles. The highest BCUT2D eigenvalue weighted by Gasteiger charge is 2.16. The highest BCUT2D eigenvalue weighted by Crippen LogP contribution is 2.22. The van der Waals surface area contributed by atoms with E-state index in [0.717, 1.165) is 5.69 Å². The van der Waals surface area contributed by atoms with E-state index in [9.17, 15) is 9.59 Å². The second-order valence-corrected chi connectivity index (χ2v) is 6.39. The average molecular weight is 389 g/mol. The molecule has 0 fully saturated rings. The first-order chi connectivity index (χ1) is 12.4. The van der Waals surface area contributed by atoms with E-state index in [4.69, 9.17) is 28.9 Å². The molecule has 6 nitrogen and oxygen atoms in total. The molecule has 132 valence electrons. The SMILES string of the molecule is Cc1c(C(=O)Nc2ccc(Cl)c(C(N)=O)c2)cnn1-c1cccc(Cl)c1. The molecule has 0 bridgehead atoms. The van der Waals surface area contributed by atoms with Crippen LogP contribution in [0.4, 0.5) is 5.69 Å². The highest BCUT2D eigenvalue weighted by atomic mass is 35.5. The molecule has 2 aromatic carbocycles. The lowest BCUT2D eigenvalue weighted by molar-refractivity contribution is 0.0996. The number of nitrogens with zero attached hydrogens (tertiary/aromatic N) is 2. The van der Waals surface area contributed by atoms with E-state index >= 15 is 0 Å². The number of hydrogen-bond donors (Lipinski definition) is 2. The van der Waals surface area contributed by atoms with Gasteiger partial charge in [-0.05, 0) is 43.3 Å². The van der Waals surface area contributed by atoms with Crippen molar-refractivity contribution < 1.29 is 9.59 Å². The smallest absolute Gasteiger partial charge is 0.259 e. The third-order valence-corrected chi connectivity index (χ3v) is 4.36. The van der Waals surface area contributed by atoms with Gasteiger partial charge in [0.2, 0.25) is 5.91 Å². The number of anilines is 1. The van der Waals surface area contributed by atoms with Crippen molar-refractivity contribution in [2.75, 3.05) is 5.32 Å². The van der Waals surface area contributed by atoms with Crippen LogP contribution in [-0.2, 0) is 0 Å². The Kier molecular flexibility index (Phi) is 4.97. The van der Waals surface area contributed by atoms with E-state index in [1.54, 1.807) is 35.9 Å². The van der Waals surface area contributed by atoms with Gasteiger partial charge in [-0.2, -0.15) is 5.10 Å². The maximum atomic E-state index is 12.6. The molecule has 1 heterocycles. The fraction of sp³-hybridized carbons (Fsp3) is 0.0556. The molecule has 0 aliphatic rings. The van der Waals surface area contributed by atoms with E-state index in [-0.39, 0.29) is 16.5 Å². The zero-order valence-electron chi connectivity index (χ0n) is 13.7. The molecule has 3 rings (SSSR count). The number of carbonyl (C=O) groups excluding carboxylic acids is 2. The van der Waals surface area contributed by atoms with Gasteiger partial charge in [0.25, 0.3) is 5.91 Å². The topological polar surface area (TPSA) is 90.0 Å². The molecular weight excluding hydrogens is 375 g/mol. The first-order valence-electron chi connectivity index (χ1n) is 7.58. The largest absolute Gasteiger partial charge is 0.366 e. The van der Waals surface area contributed by atoms with Crippen LogP contribution in [0.5, 0.6) is 0 Å². The predicted molar refractivity (Wildman–Crippen MR) is 101 cm³/mol. The Morgan fingerprint density at radius 3 is 2.58 bits per heavy atom. The summed E-state index contributed by atoms with van der Waals surface area (Å²) in [6, 6.07) is 11.7. The first kappa shape index (κ1) is 18.0. The summed E-state index contributed by atoms with van der Waals surface area (Å²) >= 11 is 11.9. The minimum absolute atomic E-state index is 0.135. The number of rotatable bonds is 4. The molecule has 0 saturated carbocycles. The Bertz CT molecular complexity index is 1010. The van der Waals surface area contributed by atoms with Crippen molar-refractivity contribution in [3.05, 3.63) is 75.5 Å². The standard InChI is InChI=1S/C18H14Cl2N4O2/c1-10-15(9-22-24(10)13-4-2-3-11(19)7-13)18(26)23-12-5-6-16(20)14(8-12)17(21)25/h2-9H,1H3,(H2,21,25)(H,23,26). The minimum Gasteiger partial charge on any atom is -0.366 e. The number of nitrogens with one attached hydrogen (secondary N) is 1. The Balaban J connectivity index is 1.88. The molecule has 3 aromatic rings. The molecule has 8 heteroatoms. The highest BCUT2D eigenvalue weighted by molar-refractivity contribution is 6.34. The van der Waals surface area contributed by atoms with Crippen LogP contribution in [0.3, 0.4) is 0 Å². The number of carbonyl (C=O) groups is 2. The Hall–Kier alpha value is -2.83. The predicted octanol–water partition coefficient (Wildman–Crippen LogP) is 3.84. The third kappa shape index (κ3) is 3.56. The molecular formula is C18H14Cl2N4O2. The number of primary amides is 1. The van der Waals surface area contributed by atoms with Crippen LogP contribution < -0.4 is 11.1 Å². The second-order valence-electron chi connectivity index (χ2n) is 5.55. The van der Waals surface area contributed by atoms with Crippen LogP contribution >= 0.6 is 23.2 Å². The molecule has 0 radical (unpaired) electrons. The fourth-order valence-electron chi connectivity index (χ4n) is 2.49. The molecule has 0 unspecified atom stereocenters. The van der Waals surface area contributed by atoms with Crippen LogP contribution in [-0.4, -0.2) is 21.6 Å². The number of benzene rings is 2. The van der Waals surface area contributed by atoms with Gasteiger partial charge in [0.05, 0.1) is 33.7 Å². The lowest BCUT2D eigenvalue weighted by Gasteiger charge is -2.08. The van der Waals surface area contributed by atoms with Crippen LogP contribution in [0.25, 0.3) is 5.69 Å². The summed E-state index contributed by atoms with van der Waals surface area (Å²) in [7, 11) is 0. The number of halogens is 2. The summed E-state index contributed by atoms with van der Waals surface area (Å²) in [6.07, 6.45) is 1.47. The molecule has 1 aromatic heterocycles. The molecule has 0 aliphatic carbocycles. The van der Waals surface area contributed by atoms with Crippen LogP contribution in [0.15, 0.2) is 48.7 Å². The van der Waals surface area contributed by atoms with Gasteiger partial charge in [0, 0.05) is 10.7 Å². The van der Waals surface area contributed by atoms with Gasteiger partial charge in [-0.1, -0.05) is 29.3 Å². The zero-order chi connectivity index (χ0) is 18.8. The normalized spacial score (nSPS) is 10.6. The molecule has 0 atom stereocenters. The van der Waals surface area contributed by atoms with Gasteiger partial charge in [-0.25, -0.2) is 4.68 Å². The monoisotopic (exact) mass is 388 g/mol. The van der Waals surface area contributed by atoms with Crippen molar-refractivity contribution in [2.45, 2.75) is 6.92 Å². The van der Waals surface area contributed by atoms with Crippen molar-refractivity contribution in [3.63, 3.8) is 0 Å². The summed E-state index contributed by atoms with van der Waals surface area (Å²) in [5, 5.41) is 7.76. The molecule has 26 heavy (non-hydrogen) atoms. The van der Waals surface area contributed by atoms with Gasteiger partial charge in [0.1, 0.15) is 0 Å². The fourth-order valence-corrected chi connectivity index (χ4v) is 2.89. The van der Waals surface area contributed by atoms with E-state index in [2.05, 4.69) is 10.4 Å². The number of aromatic nitrogens is 2. The average Bonchev–Trinajstić information content (AvgIpc) is 2.98. The number of nitrogens with two attached hydrogens (primary N) is 1. The van der Waals surface area contributed by atoms with Gasteiger partial charge in [0.15, 0.2) is 0 Å². The van der Waals surface area contributed by atoms with E-state index in [0.29, 0.717) is 22.0 Å². The van der Waals surface area contributed by atoms with E-state index < -0.39 is 5.91 Å². The first-order valence-corrected chi connectivity index (χ1v) is 8.33. The van der Waals surface area contributed by atoms with Crippen LogP contribution in [0, 0.1) is 6.92 Å². The zero-order valence-corrected chi connectivity index (χ0v) is 15.2. The van der Waals surface area contributed by atoms with Crippen molar-refractivity contribution in [3.8, 4) is 5.69 Å². The summed E-state index contributed by atoms with van der Waals surface area (Å²) in [5.41, 5.74) is 7.59. The Morgan fingerprint density at radius 2 is 1.88 bits per heavy atom. The maximum absolute atomic E-state index is 12.6. The Morgan fingerprint density at radius 1 is 1.12 bits per heavy atom. The third-order valence-electron chi connectivity index (χ3n) is 3.80. The molecule has 0 spiro atoms. The van der Waals surface area contributed by atoms with Gasteiger partial charge in [-0.3, -0.25) is 9.59 Å². The van der Waals surface area contributed by atoms with Gasteiger partial charge in [-0.15, -0.1) is 0 Å². The Labute approximate surface area is 159 Å². The molecule has 3 N–H and O–H groups in total. The van der Waals surface area contributed by atoms with Gasteiger partial charge >= 0.3 is 0 Å². The van der Waals surface area contributed by atoms with Crippen molar-refractivity contribution in [1.29, 1.82) is 0 Å². The van der Waals surface area contributed by atoms with Crippen molar-refractivity contribution in [1.82, 2.24) is 9.78 Å². The van der Waals surface area contributed by atoms with E-state index in [1.807, 2.05) is 6.07 Å². The number of amides is 2. The van der Waals surface area contributed by atoms with E-state index in [1.165, 1.54) is 18.3 Å². The maximum Gasteiger partial charge on any atom is 0.259 e. The lowest BCUT2D eigenvalue weighted by atomic mass is 10.1.